The lowest BCUT2D eigenvalue weighted by Crippen LogP contribution is -2.22. The van der Waals surface area contributed by atoms with Gasteiger partial charge in [-0.05, 0) is 30.0 Å². The van der Waals surface area contributed by atoms with Gasteiger partial charge in [-0.15, -0.1) is 0 Å². The van der Waals surface area contributed by atoms with Gasteiger partial charge in [0.2, 0.25) is 0 Å². The number of anilines is 1. The zero-order chi connectivity index (χ0) is 20.5. The Kier molecular flexibility index (Phi) is 4.92. The highest BCUT2D eigenvalue weighted by atomic mass is 16.1. The Labute approximate surface area is 169 Å². The van der Waals surface area contributed by atoms with Gasteiger partial charge in [0, 0.05) is 24.4 Å². The third-order valence-corrected chi connectivity index (χ3v) is 5.14. The van der Waals surface area contributed by atoms with Crippen molar-refractivity contribution in [1.82, 2.24) is 19.6 Å². The molecule has 0 bridgehead atoms. The summed E-state index contributed by atoms with van der Waals surface area (Å²) in [7, 11) is 2.02. The van der Waals surface area contributed by atoms with Crippen LogP contribution in [-0.2, 0) is 6.54 Å². The zero-order valence-electron chi connectivity index (χ0n) is 17.2. The minimum atomic E-state index is -0.166. The van der Waals surface area contributed by atoms with Crippen molar-refractivity contribution in [3.63, 3.8) is 0 Å². The highest BCUT2D eigenvalue weighted by Gasteiger charge is 2.13. The van der Waals surface area contributed by atoms with Gasteiger partial charge in [0.15, 0.2) is 5.82 Å². The van der Waals surface area contributed by atoms with Crippen LogP contribution < -0.4 is 10.5 Å². The number of rotatable bonds is 5. The van der Waals surface area contributed by atoms with Gasteiger partial charge in [-0.25, -0.2) is 4.98 Å². The largest absolute Gasteiger partial charge is 0.368 e. The molecule has 0 aliphatic carbocycles. The van der Waals surface area contributed by atoms with E-state index in [1.165, 1.54) is 15.6 Å². The average Bonchev–Trinajstić information content (AvgIpc) is 3.13. The fraction of sp³-hybridized carbons (Fsp3) is 0.261. The zero-order valence-corrected chi connectivity index (χ0v) is 17.2. The van der Waals surface area contributed by atoms with Gasteiger partial charge in [0.1, 0.15) is 0 Å². The molecule has 2 aromatic carbocycles. The molecule has 6 nitrogen and oxygen atoms in total. The van der Waals surface area contributed by atoms with Crippen LogP contribution >= 0.6 is 0 Å². The van der Waals surface area contributed by atoms with Crippen molar-refractivity contribution in [3.8, 4) is 11.4 Å². The fourth-order valence-corrected chi connectivity index (χ4v) is 3.46. The lowest BCUT2D eigenvalue weighted by atomic mass is 10.0. The van der Waals surface area contributed by atoms with Crippen molar-refractivity contribution in [1.29, 1.82) is 0 Å². The summed E-state index contributed by atoms with van der Waals surface area (Å²) in [5, 5.41) is 3.04. The molecule has 2 heterocycles. The molecule has 0 radical (unpaired) electrons. The first-order valence-corrected chi connectivity index (χ1v) is 9.78. The van der Waals surface area contributed by atoms with Crippen LogP contribution in [0.5, 0.6) is 0 Å². The van der Waals surface area contributed by atoms with Crippen molar-refractivity contribution in [3.05, 3.63) is 81.8 Å². The molecule has 4 rings (SSSR count). The molecule has 0 saturated heterocycles. The summed E-state index contributed by atoms with van der Waals surface area (Å²) in [6.07, 6.45) is 0. The van der Waals surface area contributed by atoms with E-state index < -0.39 is 0 Å². The Hall–Kier alpha value is -3.41. The number of aromatic nitrogens is 4. The summed E-state index contributed by atoms with van der Waals surface area (Å²) < 4.78 is 1.39. The highest BCUT2D eigenvalue weighted by Crippen LogP contribution is 2.25. The van der Waals surface area contributed by atoms with Crippen LogP contribution in [0.4, 0.5) is 5.69 Å². The summed E-state index contributed by atoms with van der Waals surface area (Å²) in [5.41, 5.74) is 5.07. The van der Waals surface area contributed by atoms with Crippen LogP contribution in [-0.4, -0.2) is 26.6 Å². The Morgan fingerprint density at radius 3 is 2.55 bits per heavy atom. The van der Waals surface area contributed by atoms with Gasteiger partial charge in [-0.3, -0.25) is 9.89 Å². The third kappa shape index (κ3) is 3.78. The van der Waals surface area contributed by atoms with Gasteiger partial charge in [0.05, 0.1) is 12.2 Å². The molecule has 6 heteroatoms. The van der Waals surface area contributed by atoms with Gasteiger partial charge in [-0.2, -0.15) is 9.50 Å². The van der Waals surface area contributed by atoms with Crippen molar-refractivity contribution in [2.75, 3.05) is 11.9 Å². The monoisotopic (exact) mass is 387 g/mol. The van der Waals surface area contributed by atoms with E-state index in [9.17, 15) is 4.79 Å². The molecule has 0 fully saturated rings. The van der Waals surface area contributed by atoms with Crippen molar-refractivity contribution in [2.24, 2.45) is 0 Å². The minimum absolute atomic E-state index is 0.166. The predicted octanol–water partition coefficient (Wildman–Crippen LogP) is 4.15. The standard InChI is InChI=1S/C23H25N5O/c1-15(2)18-11-10-16(3)20(12-18)27(4)14-19-13-21(29)28-23(24-19)25-22(26-28)17-8-6-5-7-9-17/h5-13,15H,14H2,1-4H3,(H,24,25,26). The number of hydrogen-bond donors (Lipinski definition) is 1. The molecule has 148 valence electrons. The molecule has 29 heavy (non-hydrogen) atoms. The van der Waals surface area contributed by atoms with Gasteiger partial charge >= 0.3 is 0 Å². The Morgan fingerprint density at radius 2 is 1.83 bits per heavy atom. The van der Waals surface area contributed by atoms with Gasteiger partial charge in [-0.1, -0.05) is 56.3 Å². The second-order valence-electron chi connectivity index (χ2n) is 7.72. The summed E-state index contributed by atoms with van der Waals surface area (Å²) in [5.74, 6) is 1.47. The molecule has 4 aromatic rings. The first-order chi connectivity index (χ1) is 13.9. The minimum Gasteiger partial charge on any atom is -0.368 e. The van der Waals surface area contributed by atoms with Gasteiger partial charge in [0.25, 0.3) is 11.3 Å². The van der Waals surface area contributed by atoms with Crippen LogP contribution in [0.25, 0.3) is 17.2 Å². The second kappa shape index (κ2) is 7.54. The predicted molar refractivity (Wildman–Crippen MR) is 116 cm³/mol. The quantitative estimate of drug-likeness (QED) is 0.559. The number of nitrogens with zero attached hydrogens (tertiary/aromatic N) is 4. The number of fused-ring (bicyclic) bond motifs is 1. The number of hydrogen-bond acceptors (Lipinski definition) is 4. The SMILES string of the molecule is Cc1ccc(C(C)C)cc1N(C)Cc1cc(=O)n2[nH]c(-c3ccccc3)nc2n1. The van der Waals surface area contributed by atoms with Crippen LogP contribution in [0.3, 0.4) is 0 Å². The molecule has 0 unspecified atom stereocenters. The van der Waals surface area contributed by atoms with E-state index in [2.05, 4.69) is 58.9 Å². The van der Waals surface area contributed by atoms with Crippen LogP contribution in [0.15, 0.2) is 59.4 Å². The number of aryl methyl sites for hydroxylation is 1. The number of benzene rings is 2. The molecule has 0 atom stereocenters. The van der Waals surface area contributed by atoms with E-state index in [1.807, 2.05) is 37.4 Å². The molecule has 0 spiro atoms. The summed E-state index contributed by atoms with van der Waals surface area (Å²) in [6.45, 7) is 7.00. The Morgan fingerprint density at radius 1 is 1.07 bits per heavy atom. The second-order valence-corrected chi connectivity index (χ2v) is 7.72. The van der Waals surface area contributed by atoms with Crippen molar-refractivity contribution < 1.29 is 0 Å². The number of nitrogens with one attached hydrogen (secondary N) is 1. The maximum atomic E-state index is 12.6. The molecule has 0 amide bonds. The van der Waals surface area contributed by atoms with E-state index in [4.69, 9.17) is 0 Å². The molecular formula is C23H25N5O. The van der Waals surface area contributed by atoms with E-state index >= 15 is 0 Å². The first-order valence-electron chi connectivity index (χ1n) is 9.78. The Balaban J connectivity index is 1.66. The van der Waals surface area contributed by atoms with Crippen molar-refractivity contribution in [2.45, 2.75) is 33.2 Å². The van der Waals surface area contributed by atoms with Crippen LogP contribution in [0.1, 0.15) is 36.6 Å². The fourth-order valence-electron chi connectivity index (χ4n) is 3.46. The van der Waals surface area contributed by atoms with Crippen molar-refractivity contribution >= 4 is 11.5 Å². The van der Waals surface area contributed by atoms with Gasteiger partial charge < -0.3 is 4.90 Å². The average molecular weight is 387 g/mol. The first kappa shape index (κ1) is 18.9. The molecule has 0 aliphatic heterocycles. The van der Waals surface area contributed by atoms with E-state index in [1.54, 1.807) is 6.07 Å². The van der Waals surface area contributed by atoms with E-state index in [0.717, 1.165) is 11.3 Å². The normalized spacial score (nSPS) is 11.3. The van der Waals surface area contributed by atoms with Crippen LogP contribution in [0, 0.1) is 6.92 Å². The summed E-state index contributed by atoms with van der Waals surface area (Å²) >= 11 is 0. The topological polar surface area (TPSA) is 66.3 Å². The van der Waals surface area contributed by atoms with Crippen LogP contribution in [0.2, 0.25) is 0 Å². The number of H-pyrrole nitrogens is 1. The molecule has 0 saturated carbocycles. The lowest BCUT2D eigenvalue weighted by molar-refractivity contribution is 0.831. The van der Waals surface area contributed by atoms with E-state index in [0.29, 0.717) is 29.8 Å². The summed E-state index contributed by atoms with van der Waals surface area (Å²) in [6, 6.07) is 17.8. The maximum Gasteiger partial charge on any atom is 0.274 e. The lowest BCUT2D eigenvalue weighted by Gasteiger charge is -2.22. The molecule has 1 N–H and O–H groups in total. The molecule has 0 aliphatic rings. The molecular weight excluding hydrogens is 362 g/mol. The smallest absolute Gasteiger partial charge is 0.274 e. The number of aromatic amines is 1. The summed E-state index contributed by atoms with van der Waals surface area (Å²) in [4.78, 5) is 23.9. The Bertz CT molecular complexity index is 1210. The molecule has 2 aromatic heterocycles. The highest BCUT2D eigenvalue weighted by molar-refractivity contribution is 5.57. The van der Waals surface area contributed by atoms with E-state index in [-0.39, 0.29) is 5.56 Å². The third-order valence-electron chi connectivity index (χ3n) is 5.14. The maximum absolute atomic E-state index is 12.6.